The van der Waals surface area contributed by atoms with Gasteiger partial charge in [0.2, 0.25) is 5.82 Å². The van der Waals surface area contributed by atoms with Gasteiger partial charge in [-0.25, -0.2) is 14.8 Å². The fourth-order valence-corrected chi connectivity index (χ4v) is 2.41. The summed E-state index contributed by atoms with van der Waals surface area (Å²) in [4.78, 5) is 19.7. The van der Waals surface area contributed by atoms with Gasteiger partial charge in [0.25, 0.3) is 0 Å². The summed E-state index contributed by atoms with van der Waals surface area (Å²) < 4.78 is 4.89. The standard InChI is InChI=1S/C17H21N5O3/c1-4-25-17(23)16-19-6-5-14(21-16)20-9-13-10(2)7-12(8-11(13)3)15(18)22-24/h5-8,24H,4,9H2,1-3H3,(H2,18,22)(H,19,20,21). The maximum atomic E-state index is 11.7. The van der Waals surface area contributed by atoms with Crippen molar-refractivity contribution in [2.24, 2.45) is 0 Å². The predicted molar refractivity (Wildman–Crippen MR) is 93.0 cm³/mol. The number of amidine groups is 1. The molecule has 25 heavy (non-hydrogen) atoms. The largest absolute Gasteiger partial charge is 0.460 e. The number of ether oxygens (including phenoxy) is 1. The van der Waals surface area contributed by atoms with Gasteiger partial charge in [-0.1, -0.05) is 0 Å². The second-order valence-electron chi connectivity index (χ2n) is 5.41. The maximum Gasteiger partial charge on any atom is 0.376 e. The van der Waals surface area contributed by atoms with Crippen LogP contribution in [-0.4, -0.2) is 33.6 Å². The van der Waals surface area contributed by atoms with Crippen LogP contribution in [0.15, 0.2) is 24.4 Å². The Morgan fingerprint density at radius 1 is 1.32 bits per heavy atom. The minimum atomic E-state index is -0.558. The average molecular weight is 343 g/mol. The van der Waals surface area contributed by atoms with Crippen molar-refractivity contribution in [3.63, 3.8) is 0 Å². The van der Waals surface area contributed by atoms with Crippen LogP contribution < -0.4 is 10.8 Å². The number of hydrogen-bond donors (Lipinski definition) is 4. The Morgan fingerprint density at radius 2 is 2.00 bits per heavy atom. The van der Waals surface area contributed by atoms with Gasteiger partial charge in [0.15, 0.2) is 0 Å². The Kier molecular flexibility index (Phi) is 6.02. The lowest BCUT2D eigenvalue weighted by Crippen LogP contribution is -2.19. The Balaban J connectivity index is 2.15. The number of nitrogens with zero attached hydrogens (tertiary/aromatic N) is 2. The van der Waals surface area contributed by atoms with Crippen LogP contribution >= 0.6 is 0 Å². The molecule has 0 spiro atoms. The van der Waals surface area contributed by atoms with Crippen molar-refractivity contribution in [3.8, 4) is 0 Å². The molecule has 4 N–H and O–H groups in total. The number of nitrogens with one attached hydrogen (secondary N) is 3. The van der Waals surface area contributed by atoms with Crippen LogP contribution in [0.2, 0.25) is 0 Å². The molecular weight excluding hydrogens is 322 g/mol. The van der Waals surface area contributed by atoms with E-state index in [-0.39, 0.29) is 18.3 Å². The van der Waals surface area contributed by atoms with Crippen molar-refractivity contribution in [1.82, 2.24) is 15.4 Å². The highest BCUT2D eigenvalue weighted by Crippen LogP contribution is 2.18. The third kappa shape index (κ3) is 4.51. The Morgan fingerprint density at radius 3 is 2.60 bits per heavy atom. The molecule has 0 amide bonds. The molecule has 0 saturated heterocycles. The summed E-state index contributed by atoms with van der Waals surface area (Å²) in [6, 6.07) is 5.31. The Labute approximate surface area is 145 Å². The number of hydrogen-bond acceptors (Lipinski definition) is 7. The fraction of sp³-hybridized carbons (Fsp3) is 0.294. The highest BCUT2D eigenvalue weighted by atomic mass is 16.5. The lowest BCUT2D eigenvalue weighted by molar-refractivity contribution is 0.0512. The lowest BCUT2D eigenvalue weighted by Gasteiger charge is -2.14. The van der Waals surface area contributed by atoms with E-state index >= 15 is 0 Å². The number of carbonyl (C=O) groups excluding carboxylic acids is 1. The van der Waals surface area contributed by atoms with Gasteiger partial charge in [-0.2, -0.15) is 0 Å². The van der Waals surface area contributed by atoms with Gasteiger partial charge in [-0.05, 0) is 55.7 Å². The van der Waals surface area contributed by atoms with Gasteiger partial charge in [-0.15, -0.1) is 0 Å². The van der Waals surface area contributed by atoms with Crippen LogP contribution in [0.5, 0.6) is 0 Å². The molecule has 0 aliphatic carbocycles. The quantitative estimate of drug-likeness (QED) is 0.275. The van der Waals surface area contributed by atoms with Crippen molar-refractivity contribution in [3.05, 3.63) is 52.5 Å². The number of carbonyl (C=O) groups is 1. The van der Waals surface area contributed by atoms with Crippen LogP contribution in [0.1, 0.15) is 39.8 Å². The summed E-state index contributed by atoms with van der Waals surface area (Å²) in [6.07, 6.45) is 1.50. The Hall–Kier alpha value is -3.00. The molecule has 2 rings (SSSR count). The second kappa shape index (κ2) is 8.20. The highest BCUT2D eigenvalue weighted by Gasteiger charge is 2.12. The molecule has 0 aliphatic rings. The number of benzene rings is 1. The van der Waals surface area contributed by atoms with Crippen LogP contribution in [-0.2, 0) is 11.3 Å². The lowest BCUT2D eigenvalue weighted by atomic mass is 9.99. The van der Waals surface area contributed by atoms with Crippen LogP contribution in [0.25, 0.3) is 0 Å². The first-order valence-electron chi connectivity index (χ1n) is 7.79. The van der Waals surface area contributed by atoms with Gasteiger partial charge < -0.3 is 10.1 Å². The van der Waals surface area contributed by atoms with E-state index < -0.39 is 5.97 Å². The van der Waals surface area contributed by atoms with E-state index in [0.29, 0.717) is 17.9 Å². The molecular formula is C17H21N5O3. The molecule has 0 atom stereocenters. The topological polar surface area (TPSA) is 120 Å². The summed E-state index contributed by atoms with van der Waals surface area (Å²) >= 11 is 0. The molecule has 0 fully saturated rings. The molecule has 8 heteroatoms. The van der Waals surface area contributed by atoms with Gasteiger partial charge in [-0.3, -0.25) is 16.1 Å². The zero-order valence-corrected chi connectivity index (χ0v) is 14.4. The molecule has 1 heterocycles. The summed E-state index contributed by atoms with van der Waals surface area (Å²) in [6.45, 7) is 6.35. The first kappa shape index (κ1) is 18.3. The number of anilines is 1. The summed E-state index contributed by atoms with van der Waals surface area (Å²) in [7, 11) is 0. The molecule has 0 bridgehead atoms. The zero-order valence-electron chi connectivity index (χ0n) is 14.4. The minimum absolute atomic E-state index is 0.0121. The van der Waals surface area contributed by atoms with Crippen LogP contribution in [0.4, 0.5) is 5.82 Å². The van der Waals surface area contributed by atoms with Gasteiger partial charge >= 0.3 is 5.97 Å². The predicted octanol–water partition coefficient (Wildman–Crippen LogP) is 2.19. The monoisotopic (exact) mass is 343 g/mol. The molecule has 0 aliphatic heterocycles. The molecule has 0 radical (unpaired) electrons. The normalized spacial score (nSPS) is 10.2. The van der Waals surface area contributed by atoms with E-state index in [1.165, 1.54) is 6.20 Å². The number of hydroxylamine groups is 1. The van der Waals surface area contributed by atoms with Crippen LogP contribution in [0.3, 0.4) is 0 Å². The van der Waals surface area contributed by atoms with E-state index in [9.17, 15) is 4.79 Å². The molecule has 132 valence electrons. The molecule has 1 aromatic carbocycles. The maximum absolute atomic E-state index is 11.7. The highest BCUT2D eigenvalue weighted by molar-refractivity contribution is 5.96. The average Bonchev–Trinajstić information content (AvgIpc) is 2.60. The minimum Gasteiger partial charge on any atom is -0.460 e. The first-order chi connectivity index (χ1) is 12.0. The van der Waals surface area contributed by atoms with Gasteiger partial charge in [0, 0.05) is 18.3 Å². The first-order valence-corrected chi connectivity index (χ1v) is 7.79. The van der Waals surface area contributed by atoms with E-state index in [4.69, 9.17) is 15.4 Å². The summed E-state index contributed by atoms with van der Waals surface area (Å²) in [5.41, 5.74) is 5.45. The smallest absolute Gasteiger partial charge is 0.376 e. The fourth-order valence-electron chi connectivity index (χ4n) is 2.41. The van der Waals surface area contributed by atoms with Crippen molar-refractivity contribution in [2.45, 2.75) is 27.3 Å². The number of esters is 1. The summed E-state index contributed by atoms with van der Waals surface area (Å²) in [5.74, 6) is -0.0812. The molecule has 0 unspecified atom stereocenters. The van der Waals surface area contributed by atoms with Crippen molar-refractivity contribution < 1.29 is 14.7 Å². The molecule has 8 nitrogen and oxygen atoms in total. The zero-order chi connectivity index (χ0) is 18.4. The second-order valence-corrected chi connectivity index (χ2v) is 5.41. The number of aromatic nitrogens is 2. The third-order valence-corrected chi connectivity index (χ3v) is 3.66. The third-order valence-electron chi connectivity index (χ3n) is 3.66. The van der Waals surface area contributed by atoms with E-state index in [2.05, 4.69) is 15.3 Å². The van der Waals surface area contributed by atoms with E-state index in [1.807, 2.05) is 31.5 Å². The van der Waals surface area contributed by atoms with Crippen molar-refractivity contribution in [2.75, 3.05) is 11.9 Å². The number of rotatable bonds is 6. The SMILES string of the molecule is CCOC(=O)c1nccc(NCc2c(C)cc(C(=N)NO)cc2C)n1. The van der Waals surface area contributed by atoms with Crippen molar-refractivity contribution >= 4 is 17.6 Å². The molecule has 1 aromatic heterocycles. The van der Waals surface area contributed by atoms with Crippen molar-refractivity contribution in [1.29, 1.82) is 5.41 Å². The molecule has 2 aromatic rings. The molecule has 0 saturated carbocycles. The summed E-state index contributed by atoms with van der Waals surface area (Å²) in [5, 5.41) is 19.7. The van der Waals surface area contributed by atoms with E-state index in [1.54, 1.807) is 13.0 Å². The number of aryl methyl sites for hydroxylation is 2. The van der Waals surface area contributed by atoms with Crippen LogP contribution in [0, 0.1) is 19.3 Å². The van der Waals surface area contributed by atoms with E-state index in [0.717, 1.165) is 16.7 Å². The van der Waals surface area contributed by atoms with Gasteiger partial charge in [0.05, 0.1) is 6.61 Å². The Bertz CT molecular complexity index is 769. The van der Waals surface area contributed by atoms with Gasteiger partial charge in [0.1, 0.15) is 11.7 Å².